The predicted molar refractivity (Wildman–Crippen MR) is 76.5 cm³/mol. The molecule has 1 aromatic carbocycles. The second kappa shape index (κ2) is 5.06. The molecule has 0 spiro atoms. The number of benzene rings is 1. The molecule has 0 radical (unpaired) electrons. The van der Waals surface area contributed by atoms with Crippen LogP contribution in [0.2, 0.25) is 0 Å². The van der Waals surface area contributed by atoms with Gasteiger partial charge in [0.05, 0.1) is 0 Å². The van der Waals surface area contributed by atoms with E-state index in [1.807, 2.05) is 19.9 Å². The molecule has 0 bridgehead atoms. The van der Waals surface area contributed by atoms with E-state index >= 15 is 0 Å². The topological polar surface area (TPSA) is 0 Å². The van der Waals surface area contributed by atoms with Gasteiger partial charge in [-0.05, 0) is 60.9 Å². The van der Waals surface area contributed by atoms with Crippen molar-refractivity contribution >= 4 is 26.0 Å². The average Bonchev–Trinajstić information content (AvgIpc) is 2.63. The van der Waals surface area contributed by atoms with Gasteiger partial charge >= 0.3 is 5.51 Å². The third-order valence-corrected chi connectivity index (χ3v) is 7.56. The molecule has 1 unspecified atom stereocenters. The minimum atomic E-state index is -4.39. The smallest absolute Gasteiger partial charge is 0.160 e. The van der Waals surface area contributed by atoms with E-state index in [2.05, 4.69) is 0 Å². The zero-order valence-electron chi connectivity index (χ0n) is 10.9. The molecule has 1 aliphatic heterocycles. The molecule has 1 atom stereocenters. The van der Waals surface area contributed by atoms with Crippen LogP contribution in [0.1, 0.15) is 37.8 Å². The number of allylic oxidation sites excluding steroid dienone is 1. The molecule has 1 heterocycles. The van der Waals surface area contributed by atoms with Gasteiger partial charge in [0, 0.05) is 4.90 Å². The van der Waals surface area contributed by atoms with E-state index in [0.717, 1.165) is 12.0 Å². The minimum absolute atomic E-state index is 0.252. The molecule has 0 N–H and O–H groups in total. The van der Waals surface area contributed by atoms with Gasteiger partial charge in [0.15, 0.2) is 0 Å². The van der Waals surface area contributed by atoms with Crippen molar-refractivity contribution in [1.82, 2.24) is 0 Å². The van der Waals surface area contributed by atoms with Crippen molar-refractivity contribution < 1.29 is 13.2 Å². The Hall–Kier alpha value is -0.610. The lowest BCUT2D eigenvalue weighted by Gasteiger charge is -2.34. The fraction of sp³-hybridized carbons (Fsp3) is 0.429. The Labute approximate surface area is 117 Å². The Morgan fingerprint density at radius 1 is 1.21 bits per heavy atom. The lowest BCUT2D eigenvalue weighted by atomic mass is 10.1. The summed E-state index contributed by atoms with van der Waals surface area (Å²) in [6.07, 6.45) is 3.52. The monoisotopic (exact) mass is 308 g/mol. The fourth-order valence-electron chi connectivity index (χ4n) is 2.32. The van der Waals surface area contributed by atoms with Gasteiger partial charge in [0.2, 0.25) is 0 Å². The summed E-state index contributed by atoms with van der Waals surface area (Å²) in [6, 6.07) is 5.13. The predicted octanol–water partition coefficient (Wildman–Crippen LogP) is 6.24. The van der Waals surface area contributed by atoms with Gasteiger partial charge in [0.1, 0.15) is 0 Å². The van der Waals surface area contributed by atoms with Crippen LogP contribution >= 0.6 is 19.9 Å². The average molecular weight is 309 g/mol. The summed E-state index contributed by atoms with van der Waals surface area (Å²) in [5.74, 6) is 0. The highest BCUT2D eigenvalue weighted by Crippen LogP contribution is 2.80. The van der Waals surface area contributed by atoms with Crippen LogP contribution in [-0.4, -0.2) is 5.51 Å². The molecule has 5 heteroatoms. The van der Waals surface area contributed by atoms with Crippen LogP contribution in [0.5, 0.6) is 0 Å². The van der Waals surface area contributed by atoms with Crippen LogP contribution in [0.25, 0.3) is 6.08 Å². The molecular formula is C14H16ClF3S. The Morgan fingerprint density at radius 3 is 2.42 bits per heavy atom. The van der Waals surface area contributed by atoms with E-state index in [9.17, 15) is 13.2 Å². The molecular weight excluding hydrogens is 293 g/mol. The van der Waals surface area contributed by atoms with Crippen molar-refractivity contribution in [2.75, 3.05) is 0 Å². The zero-order valence-corrected chi connectivity index (χ0v) is 12.4. The maximum Gasteiger partial charge on any atom is 0.445 e. The summed E-state index contributed by atoms with van der Waals surface area (Å²) >= 11 is 0. The van der Waals surface area contributed by atoms with Crippen LogP contribution in [0.4, 0.5) is 13.2 Å². The second-order valence-electron chi connectivity index (χ2n) is 4.57. The van der Waals surface area contributed by atoms with E-state index in [0.29, 0.717) is 23.3 Å². The molecule has 0 nitrogen and oxygen atoms in total. The molecule has 0 aromatic heterocycles. The Kier molecular flexibility index (Phi) is 3.94. The molecule has 2 rings (SSSR count). The molecule has 19 heavy (non-hydrogen) atoms. The summed E-state index contributed by atoms with van der Waals surface area (Å²) in [5.41, 5.74) is -2.72. The van der Waals surface area contributed by atoms with Gasteiger partial charge < -0.3 is 0 Å². The van der Waals surface area contributed by atoms with Gasteiger partial charge in [-0.15, -0.1) is 0 Å². The van der Waals surface area contributed by atoms with Crippen LogP contribution in [-0.2, 0) is 6.42 Å². The minimum Gasteiger partial charge on any atom is -0.160 e. The first kappa shape index (κ1) is 14.8. The number of fused-ring (bicyclic) bond motifs is 1. The summed E-state index contributed by atoms with van der Waals surface area (Å²) in [7, 11) is 2.73. The van der Waals surface area contributed by atoms with Crippen LogP contribution < -0.4 is 0 Å². The zero-order chi connectivity index (χ0) is 14.3. The lowest BCUT2D eigenvalue weighted by molar-refractivity contribution is -0.0359. The molecule has 0 amide bonds. The highest BCUT2D eigenvalue weighted by atomic mass is 35.7. The summed E-state index contributed by atoms with van der Waals surface area (Å²) in [6.45, 7) is 3.85. The van der Waals surface area contributed by atoms with Crippen molar-refractivity contribution in [3.63, 3.8) is 0 Å². The number of halogens is 4. The second-order valence-corrected chi connectivity index (χ2v) is 8.46. The first-order chi connectivity index (χ1) is 8.84. The van der Waals surface area contributed by atoms with Gasteiger partial charge in [-0.1, -0.05) is 32.4 Å². The number of alkyl halides is 3. The summed E-state index contributed by atoms with van der Waals surface area (Å²) in [5, 5.41) is 0. The normalized spacial score (nSPS) is 25.7. The van der Waals surface area contributed by atoms with Gasteiger partial charge in [-0.2, -0.15) is 13.2 Å². The first-order valence-corrected chi connectivity index (χ1v) is 8.73. The van der Waals surface area contributed by atoms with Crippen LogP contribution in [0.3, 0.4) is 0 Å². The highest BCUT2D eigenvalue weighted by molar-refractivity contribution is 8.54. The molecule has 0 fully saturated rings. The third-order valence-electron chi connectivity index (χ3n) is 3.28. The van der Waals surface area contributed by atoms with Gasteiger partial charge in [0.25, 0.3) is 0 Å². The first-order valence-electron chi connectivity index (χ1n) is 6.27. The maximum atomic E-state index is 13.4. The standard InChI is InChI=1S/C14H16ClF3S/c1-3-5-12-9-11-8-10(4-2)6-7-13(11)19(12,15)14(16,17)18/h6-9H,3-5H2,1-2H3. The summed E-state index contributed by atoms with van der Waals surface area (Å²) < 4.78 is 40.3. The van der Waals surface area contributed by atoms with Crippen molar-refractivity contribution in [2.45, 2.75) is 43.5 Å². The number of aryl methyl sites for hydroxylation is 1. The molecule has 0 saturated heterocycles. The van der Waals surface area contributed by atoms with Crippen LogP contribution in [0.15, 0.2) is 28.0 Å². The Balaban J connectivity index is 2.59. The quantitative estimate of drug-likeness (QED) is 0.620. The molecule has 0 aliphatic carbocycles. The largest absolute Gasteiger partial charge is 0.445 e. The molecule has 0 saturated carbocycles. The molecule has 1 aliphatic rings. The van der Waals surface area contributed by atoms with Gasteiger partial charge in [-0.25, -0.2) is 0 Å². The third kappa shape index (κ3) is 2.29. The Bertz CT molecular complexity index is 522. The molecule has 1 aromatic rings. The highest BCUT2D eigenvalue weighted by Gasteiger charge is 2.55. The number of rotatable bonds is 3. The number of hydrogen-bond acceptors (Lipinski definition) is 0. The van der Waals surface area contributed by atoms with Crippen molar-refractivity contribution in [2.24, 2.45) is 0 Å². The van der Waals surface area contributed by atoms with Crippen molar-refractivity contribution in [1.29, 1.82) is 0 Å². The fourth-order valence-corrected chi connectivity index (χ4v) is 5.40. The van der Waals surface area contributed by atoms with Crippen molar-refractivity contribution in [3.05, 3.63) is 34.2 Å². The lowest BCUT2D eigenvalue weighted by Crippen LogP contribution is -2.16. The van der Waals surface area contributed by atoms with E-state index in [4.69, 9.17) is 10.7 Å². The maximum absolute atomic E-state index is 13.4. The SMILES string of the molecule is CCCC1=Cc2cc(CC)ccc2S1(Cl)C(F)(F)F. The van der Waals surface area contributed by atoms with Crippen molar-refractivity contribution in [3.8, 4) is 0 Å². The van der Waals surface area contributed by atoms with E-state index < -0.39 is 14.7 Å². The molecule has 106 valence electrons. The van der Waals surface area contributed by atoms with E-state index in [1.165, 1.54) is 0 Å². The van der Waals surface area contributed by atoms with Gasteiger partial charge in [-0.3, -0.25) is 0 Å². The number of hydrogen-bond donors (Lipinski definition) is 0. The Morgan fingerprint density at radius 2 is 1.89 bits per heavy atom. The van der Waals surface area contributed by atoms with E-state index in [1.54, 1.807) is 18.2 Å². The van der Waals surface area contributed by atoms with Crippen LogP contribution in [0, 0.1) is 0 Å². The summed E-state index contributed by atoms with van der Waals surface area (Å²) in [4.78, 5) is 0.592. The van der Waals surface area contributed by atoms with E-state index in [-0.39, 0.29) is 4.90 Å².